The number of anilines is 1. The first kappa shape index (κ1) is 17.3. The minimum Gasteiger partial charge on any atom is -0.497 e. The van der Waals surface area contributed by atoms with E-state index in [2.05, 4.69) is 10.6 Å². The number of rotatable bonds is 6. The molecule has 2 amide bonds. The van der Waals surface area contributed by atoms with Crippen molar-refractivity contribution in [1.29, 1.82) is 0 Å². The second-order valence-electron chi connectivity index (χ2n) is 5.16. The molecule has 24 heavy (non-hydrogen) atoms. The molecule has 0 aromatic heterocycles. The average molecular weight is 328 g/mol. The number of carbonyl (C=O) groups excluding carboxylic acids is 2. The largest absolute Gasteiger partial charge is 0.497 e. The summed E-state index contributed by atoms with van der Waals surface area (Å²) in [5, 5.41) is 5.28. The van der Waals surface area contributed by atoms with Crippen LogP contribution in [-0.4, -0.2) is 32.6 Å². The van der Waals surface area contributed by atoms with Gasteiger partial charge in [-0.1, -0.05) is 17.7 Å². The molecule has 0 aliphatic rings. The lowest BCUT2D eigenvalue weighted by Crippen LogP contribution is -2.32. The molecule has 126 valence electrons. The van der Waals surface area contributed by atoms with Crippen LogP contribution in [0.2, 0.25) is 0 Å². The molecular weight excluding hydrogens is 308 g/mol. The highest BCUT2D eigenvalue weighted by molar-refractivity contribution is 5.99. The molecule has 2 rings (SSSR count). The molecule has 0 bridgehead atoms. The molecule has 2 N–H and O–H groups in total. The molecule has 0 aliphatic carbocycles. The molecule has 0 fully saturated rings. The van der Waals surface area contributed by atoms with E-state index in [9.17, 15) is 9.59 Å². The van der Waals surface area contributed by atoms with Gasteiger partial charge in [0, 0.05) is 11.6 Å². The maximum Gasteiger partial charge on any atom is 0.251 e. The van der Waals surface area contributed by atoms with Gasteiger partial charge in [0.15, 0.2) is 0 Å². The Hall–Kier alpha value is -3.02. The lowest BCUT2D eigenvalue weighted by atomic mass is 10.1. The van der Waals surface area contributed by atoms with Gasteiger partial charge in [0.25, 0.3) is 5.91 Å². The fourth-order valence-corrected chi connectivity index (χ4v) is 2.06. The number of ether oxygens (including phenoxy) is 2. The first-order valence-electron chi connectivity index (χ1n) is 7.40. The van der Waals surface area contributed by atoms with Crippen molar-refractivity contribution in [1.82, 2.24) is 5.32 Å². The van der Waals surface area contributed by atoms with E-state index >= 15 is 0 Å². The lowest BCUT2D eigenvalue weighted by Gasteiger charge is -2.12. The van der Waals surface area contributed by atoms with Crippen LogP contribution in [0.4, 0.5) is 5.69 Å². The summed E-state index contributed by atoms with van der Waals surface area (Å²) in [5.74, 6) is 0.454. The Bertz CT molecular complexity index is 726. The van der Waals surface area contributed by atoms with Crippen LogP contribution in [0.15, 0.2) is 42.5 Å². The second kappa shape index (κ2) is 8.01. The van der Waals surface area contributed by atoms with E-state index in [0.29, 0.717) is 22.7 Å². The van der Waals surface area contributed by atoms with E-state index in [1.807, 2.05) is 19.1 Å². The van der Waals surface area contributed by atoms with Crippen molar-refractivity contribution in [3.8, 4) is 11.5 Å². The summed E-state index contributed by atoms with van der Waals surface area (Å²) in [4.78, 5) is 24.0. The topological polar surface area (TPSA) is 76.7 Å². The summed E-state index contributed by atoms with van der Waals surface area (Å²) in [6.07, 6.45) is 0. The highest BCUT2D eigenvalue weighted by atomic mass is 16.5. The van der Waals surface area contributed by atoms with E-state index in [-0.39, 0.29) is 18.4 Å². The summed E-state index contributed by atoms with van der Waals surface area (Å²) in [7, 11) is 3.05. The Morgan fingerprint density at radius 1 is 1.00 bits per heavy atom. The van der Waals surface area contributed by atoms with Crippen molar-refractivity contribution < 1.29 is 19.1 Å². The van der Waals surface area contributed by atoms with Gasteiger partial charge < -0.3 is 20.1 Å². The second-order valence-corrected chi connectivity index (χ2v) is 5.16. The van der Waals surface area contributed by atoms with Gasteiger partial charge in [-0.25, -0.2) is 0 Å². The van der Waals surface area contributed by atoms with Gasteiger partial charge in [0.05, 0.1) is 26.5 Å². The maximum absolute atomic E-state index is 12.0. The quantitative estimate of drug-likeness (QED) is 0.853. The van der Waals surface area contributed by atoms with Crippen LogP contribution in [0.1, 0.15) is 15.9 Å². The minimum absolute atomic E-state index is 0.137. The fraction of sp³-hybridized carbons (Fsp3) is 0.222. The van der Waals surface area contributed by atoms with Crippen molar-refractivity contribution >= 4 is 17.5 Å². The molecule has 2 aromatic carbocycles. The van der Waals surface area contributed by atoms with Crippen LogP contribution in [-0.2, 0) is 4.79 Å². The van der Waals surface area contributed by atoms with Crippen LogP contribution in [0.25, 0.3) is 0 Å². The molecule has 0 saturated carbocycles. The summed E-state index contributed by atoms with van der Waals surface area (Å²) >= 11 is 0. The number of nitrogens with one attached hydrogen (secondary N) is 2. The number of carbonyl (C=O) groups is 2. The normalized spacial score (nSPS) is 9.96. The average Bonchev–Trinajstić information content (AvgIpc) is 2.60. The molecule has 2 aromatic rings. The zero-order valence-corrected chi connectivity index (χ0v) is 13.9. The van der Waals surface area contributed by atoms with E-state index in [1.54, 1.807) is 37.4 Å². The van der Waals surface area contributed by atoms with Gasteiger partial charge >= 0.3 is 0 Å². The van der Waals surface area contributed by atoms with Gasteiger partial charge in [-0.15, -0.1) is 0 Å². The Balaban J connectivity index is 1.93. The summed E-state index contributed by atoms with van der Waals surface area (Å²) in [5.41, 5.74) is 2.08. The van der Waals surface area contributed by atoms with E-state index in [4.69, 9.17) is 9.47 Å². The molecule has 6 nitrogen and oxygen atoms in total. The van der Waals surface area contributed by atoms with Crippen LogP contribution in [0.5, 0.6) is 11.5 Å². The Morgan fingerprint density at radius 3 is 2.33 bits per heavy atom. The maximum atomic E-state index is 12.0. The van der Waals surface area contributed by atoms with Gasteiger partial charge in [0.2, 0.25) is 5.91 Å². The summed E-state index contributed by atoms with van der Waals surface area (Å²) in [6, 6.07) is 12.2. The summed E-state index contributed by atoms with van der Waals surface area (Å²) in [6.45, 7) is 1.80. The molecule has 0 aliphatic heterocycles. The van der Waals surface area contributed by atoms with Gasteiger partial charge in [-0.2, -0.15) is 0 Å². The lowest BCUT2D eigenvalue weighted by molar-refractivity contribution is -0.115. The minimum atomic E-state index is -0.348. The zero-order valence-electron chi connectivity index (χ0n) is 13.9. The van der Waals surface area contributed by atoms with Crippen molar-refractivity contribution in [3.63, 3.8) is 0 Å². The number of aryl methyl sites for hydroxylation is 1. The van der Waals surface area contributed by atoms with Crippen molar-refractivity contribution in [2.24, 2.45) is 0 Å². The van der Waals surface area contributed by atoms with Gasteiger partial charge in [-0.05, 0) is 31.2 Å². The molecule has 0 heterocycles. The first-order chi connectivity index (χ1) is 11.5. The monoisotopic (exact) mass is 328 g/mol. The van der Waals surface area contributed by atoms with Crippen LogP contribution >= 0.6 is 0 Å². The highest BCUT2D eigenvalue weighted by Crippen LogP contribution is 2.28. The van der Waals surface area contributed by atoms with Gasteiger partial charge in [0.1, 0.15) is 11.5 Å². The Kier molecular flexibility index (Phi) is 5.78. The molecular formula is C18H20N2O4. The molecule has 0 spiro atoms. The fourth-order valence-electron chi connectivity index (χ4n) is 2.06. The van der Waals surface area contributed by atoms with E-state index in [1.165, 1.54) is 7.11 Å². The van der Waals surface area contributed by atoms with Crippen molar-refractivity contribution in [2.45, 2.75) is 6.92 Å². The van der Waals surface area contributed by atoms with Crippen LogP contribution in [0.3, 0.4) is 0 Å². The highest BCUT2D eigenvalue weighted by Gasteiger charge is 2.11. The number of benzene rings is 2. The van der Waals surface area contributed by atoms with E-state index < -0.39 is 0 Å². The Labute approximate surface area is 140 Å². The molecule has 0 radical (unpaired) electrons. The third kappa shape index (κ3) is 4.49. The number of amides is 2. The SMILES string of the molecule is COc1ccc(NC(=O)CNC(=O)c2ccc(C)cc2)c(OC)c1. The number of hydrogen-bond acceptors (Lipinski definition) is 4. The van der Waals surface area contributed by atoms with Crippen molar-refractivity contribution in [3.05, 3.63) is 53.6 Å². The molecule has 0 atom stereocenters. The van der Waals surface area contributed by atoms with Crippen LogP contribution in [0, 0.1) is 6.92 Å². The zero-order chi connectivity index (χ0) is 17.5. The Morgan fingerprint density at radius 2 is 1.71 bits per heavy atom. The number of methoxy groups -OCH3 is 2. The third-order valence-corrected chi connectivity index (χ3v) is 3.41. The molecule has 6 heteroatoms. The van der Waals surface area contributed by atoms with Gasteiger partial charge in [-0.3, -0.25) is 9.59 Å². The third-order valence-electron chi connectivity index (χ3n) is 3.41. The smallest absolute Gasteiger partial charge is 0.251 e. The molecule has 0 unspecified atom stereocenters. The first-order valence-corrected chi connectivity index (χ1v) is 7.40. The molecule has 0 saturated heterocycles. The summed E-state index contributed by atoms with van der Waals surface area (Å²) < 4.78 is 10.3. The predicted molar refractivity (Wildman–Crippen MR) is 91.7 cm³/mol. The van der Waals surface area contributed by atoms with E-state index in [0.717, 1.165) is 5.56 Å². The predicted octanol–water partition coefficient (Wildman–Crippen LogP) is 2.38. The number of hydrogen-bond donors (Lipinski definition) is 2. The standard InChI is InChI=1S/C18H20N2O4/c1-12-4-6-13(7-5-12)18(22)19-11-17(21)20-15-9-8-14(23-2)10-16(15)24-3/h4-10H,11H2,1-3H3,(H,19,22)(H,20,21). The van der Waals surface area contributed by atoms with Crippen molar-refractivity contribution in [2.75, 3.05) is 26.1 Å². The van der Waals surface area contributed by atoms with Crippen LogP contribution < -0.4 is 20.1 Å².